The van der Waals surface area contributed by atoms with E-state index in [0.29, 0.717) is 0 Å². The molecule has 2 N–H and O–H groups in total. The van der Waals surface area contributed by atoms with Gasteiger partial charge in [0.25, 0.3) is 0 Å². The van der Waals surface area contributed by atoms with Crippen molar-refractivity contribution in [2.24, 2.45) is 11.8 Å². The van der Waals surface area contributed by atoms with Crippen molar-refractivity contribution >= 4 is 5.91 Å². The molecule has 0 radical (unpaired) electrons. The summed E-state index contributed by atoms with van der Waals surface area (Å²) in [5.74, 6) is 1.26. The Balaban J connectivity index is 1.56. The number of amides is 1. The number of carbonyl (C=O) groups is 1. The number of hydrogen-bond acceptors (Lipinski definition) is 3. The summed E-state index contributed by atoms with van der Waals surface area (Å²) >= 11 is 0. The predicted octanol–water partition coefficient (Wildman–Crippen LogP) is -0.336. The van der Waals surface area contributed by atoms with Crippen LogP contribution in [-0.2, 0) is 4.79 Å². The molecular formula is C11H21N3O. The molecule has 2 heterocycles. The zero-order valence-corrected chi connectivity index (χ0v) is 9.46. The van der Waals surface area contributed by atoms with Crippen LogP contribution < -0.4 is 10.6 Å². The fraction of sp³-hybridized carbons (Fsp3) is 0.909. The predicted molar refractivity (Wildman–Crippen MR) is 59.6 cm³/mol. The van der Waals surface area contributed by atoms with E-state index in [2.05, 4.69) is 22.6 Å². The number of nitrogens with zero attached hydrogens (tertiary/aromatic N) is 1. The van der Waals surface area contributed by atoms with Gasteiger partial charge >= 0.3 is 0 Å². The Morgan fingerprint density at radius 2 is 2.33 bits per heavy atom. The number of likely N-dealkylation sites (tertiary alicyclic amines) is 1. The quantitative estimate of drug-likeness (QED) is 0.669. The molecule has 2 rings (SSSR count). The van der Waals surface area contributed by atoms with E-state index >= 15 is 0 Å². The molecule has 0 aromatic carbocycles. The van der Waals surface area contributed by atoms with Crippen LogP contribution >= 0.6 is 0 Å². The standard InChI is InChI=1S/C11H21N3O/c1-14-5-3-9(8-14)2-4-13-11(15)10-6-12-7-10/h9-10,12H,2-8H2,1H3,(H,13,15). The fourth-order valence-electron chi connectivity index (χ4n) is 2.28. The third kappa shape index (κ3) is 2.92. The molecule has 4 nitrogen and oxygen atoms in total. The van der Waals surface area contributed by atoms with Gasteiger partial charge in [-0.15, -0.1) is 0 Å². The molecule has 2 fully saturated rings. The Labute approximate surface area is 91.4 Å². The molecule has 15 heavy (non-hydrogen) atoms. The van der Waals surface area contributed by atoms with Crippen molar-refractivity contribution in [3.63, 3.8) is 0 Å². The van der Waals surface area contributed by atoms with Gasteiger partial charge in [0, 0.05) is 26.2 Å². The Kier molecular flexibility index (Phi) is 3.59. The second-order valence-corrected chi connectivity index (χ2v) is 4.85. The summed E-state index contributed by atoms with van der Waals surface area (Å²) in [4.78, 5) is 13.9. The first-order valence-corrected chi connectivity index (χ1v) is 5.92. The second kappa shape index (κ2) is 4.94. The molecule has 1 unspecified atom stereocenters. The van der Waals surface area contributed by atoms with Crippen molar-refractivity contribution < 1.29 is 4.79 Å². The van der Waals surface area contributed by atoms with Crippen LogP contribution in [0.25, 0.3) is 0 Å². The second-order valence-electron chi connectivity index (χ2n) is 4.85. The lowest BCUT2D eigenvalue weighted by Crippen LogP contribution is -2.51. The largest absolute Gasteiger partial charge is 0.356 e. The highest BCUT2D eigenvalue weighted by molar-refractivity contribution is 5.79. The van der Waals surface area contributed by atoms with Gasteiger partial charge in [-0.3, -0.25) is 4.79 Å². The molecule has 1 amide bonds. The number of hydrogen-bond donors (Lipinski definition) is 2. The summed E-state index contributed by atoms with van der Waals surface area (Å²) in [6.07, 6.45) is 2.42. The topological polar surface area (TPSA) is 44.4 Å². The lowest BCUT2D eigenvalue weighted by Gasteiger charge is -2.26. The average molecular weight is 211 g/mol. The molecule has 1 atom stereocenters. The third-order valence-electron chi connectivity index (χ3n) is 3.49. The summed E-state index contributed by atoms with van der Waals surface area (Å²) in [6.45, 7) is 4.98. The summed E-state index contributed by atoms with van der Waals surface area (Å²) in [6, 6.07) is 0. The van der Waals surface area contributed by atoms with Crippen LogP contribution in [0.1, 0.15) is 12.8 Å². The Bertz CT molecular complexity index is 228. The van der Waals surface area contributed by atoms with Gasteiger partial charge in [0.05, 0.1) is 5.92 Å². The summed E-state index contributed by atoms with van der Waals surface area (Å²) in [7, 11) is 2.17. The molecular weight excluding hydrogens is 190 g/mol. The van der Waals surface area contributed by atoms with Gasteiger partial charge in [-0.05, 0) is 32.4 Å². The maximum atomic E-state index is 11.5. The maximum Gasteiger partial charge on any atom is 0.225 e. The van der Waals surface area contributed by atoms with E-state index in [0.717, 1.165) is 32.0 Å². The molecule has 0 aromatic rings. The first-order chi connectivity index (χ1) is 7.25. The zero-order chi connectivity index (χ0) is 10.7. The van der Waals surface area contributed by atoms with Crippen molar-refractivity contribution in [3.8, 4) is 0 Å². The van der Waals surface area contributed by atoms with Gasteiger partial charge in [-0.1, -0.05) is 0 Å². The molecule has 0 bridgehead atoms. The Morgan fingerprint density at radius 1 is 1.53 bits per heavy atom. The van der Waals surface area contributed by atoms with Gasteiger partial charge < -0.3 is 15.5 Å². The van der Waals surface area contributed by atoms with Crippen LogP contribution in [0.5, 0.6) is 0 Å². The first kappa shape index (κ1) is 10.9. The van der Waals surface area contributed by atoms with E-state index in [1.165, 1.54) is 19.5 Å². The minimum absolute atomic E-state index is 0.233. The van der Waals surface area contributed by atoms with E-state index in [1.807, 2.05) is 0 Å². The molecule has 2 aliphatic heterocycles. The van der Waals surface area contributed by atoms with Gasteiger partial charge in [0.1, 0.15) is 0 Å². The summed E-state index contributed by atoms with van der Waals surface area (Å²) < 4.78 is 0. The van der Waals surface area contributed by atoms with Crippen molar-refractivity contribution in [1.29, 1.82) is 0 Å². The molecule has 0 aromatic heterocycles. The van der Waals surface area contributed by atoms with Gasteiger partial charge in [-0.25, -0.2) is 0 Å². The smallest absolute Gasteiger partial charge is 0.225 e. The minimum atomic E-state index is 0.233. The van der Waals surface area contributed by atoms with E-state index in [4.69, 9.17) is 0 Å². The van der Waals surface area contributed by atoms with E-state index < -0.39 is 0 Å². The van der Waals surface area contributed by atoms with Crippen molar-refractivity contribution in [2.45, 2.75) is 12.8 Å². The van der Waals surface area contributed by atoms with Crippen LogP contribution in [-0.4, -0.2) is 50.6 Å². The first-order valence-electron chi connectivity index (χ1n) is 5.92. The third-order valence-corrected chi connectivity index (χ3v) is 3.49. The highest BCUT2D eigenvalue weighted by Gasteiger charge is 2.25. The lowest BCUT2D eigenvalue weighted by molar-refractivity contribution is -0.126. The Hall–Kier alpha value is -0.610. The van der Waals surface area contributed by atoms with E-state index in [-0.39, 0.29) is 11.8 Å². The SMILES string of the molecule is CN1CCC(CCNC(=O)C2CNC2)C1. The number of carbonyl (C=O) groups excluding carboxylic acids is 1. The molecule has 2 saturated heterocycles. The van der Waals surface area contributed by atoms with Crippen molar-refractivity contribution in [1.82, 2.24) is 15.5 Å². The number of rotatable bonds is 4. The van der Waals surface area contributed by atoms with Crippen LogP contribution in [0.4, 0.5) is 0 Å². The summed E-state index contributed by atoms with van der Waals surface area (Å²) in [5.41, 5.74) is 0. The van der Waals surface area contributed by atoms with Crippen molar-refractivity contribution in [2.75, 3.05) is 39.8 Å². The molecule has 0 spiro atoms. The lowest BCUT2D eigenvalue weighted by atomic mass is 10.0. The van der Waals surface area contributed by atoms with Crippen LogP contribution in [0, 0.1) is 11.8 Å². The molecule has 0 saturated carbocycles. The molecule has 2 aliphatic rings. The van der Waals surface area contributed by atoms with Gasteiger partial charge in [0.2, 0.25) is 5.91 Å². The monoisotopic (exact) mass is 211 g/mol. The fourth-order valence-corrected chi connectivity index (χ4v) is 2.28. The van der Waals surface area contributed by atoms with Gasteiger partial charge in [-0.2, -0.15) is 0 Å². The van der Waals surface area contributed by atoms with E-state index in [1.54, 1.807) is 0 Å². The van der Waals surface area contributed by atoms with Crippen LogP contribution in [0.2, 0.25) is 0 Å². The number of nitrogens with one attached hydrogen (secondary N) is 2. The average Bonchev–Trinajstić information content (AvgIpc) is 2.48. The Morgan fingerprint density at radius 3 is 2.87 bits per heavy atom. The molecule has 0 aliphatic carbocycles. The molecule has 4 heteroatoms. The van der Waals surface area contributed by atoms with Gasteiger partial charge in [0.15, 0.2) is 0 Å². The van der Waals surface area contributed by atoms with Crippen LogP contribution in [0.15, 0.2) is 0 Å². The maximum absolute atomic E-state index is 11.5. The van der Waals surface area contributed by atoms with Crippen LogP contribution in [0.3, 0.4) is 0 Å². The van der Waals surface area contributed by atoms with E-state index in [9.17, 15) is 4.79 Å². The highest BCUT2D eigenvalue weighted by atomic mass is 16.2. The van der Waals surface area contributed by atoms with Crippen molar-refractivity contribution in [3.05, 3.63) is 0 Å². The summed E-state index contributed by atoms with van der Waals surface area (Å²) in [5, 5.41) is 6.14. The normalized spacial score (nSPS) is 27.7. The zero-order valence-electron chi connectivity index (χ0n) is 9.46. The highest BCUT2D eigenvalue weighted by Crippen LogP contribution is 2.17. The molecule has 86 valence electrons. The minimum Gasteiger partial charge on any atom is -0.356 e.